The number of piperidine rings is 1. The highest BCUT2D eigenvalue weighted by Gasteiger charge is 2.24. The molecule has 2 aromatic rings. The molecular weight excluding hydrogens is 364 g/mol. The number of benzene rings is 2. The van der Waals surface area contributed by atoms with Gasteiger partial charge in [-0.25, -0.2) is 4.79 Å². The summed E-state index contributed by atoms with van der Waals surface area (Å²) in [5.74, 6) is 0.884. The van der Waals surface area contributed by atoms with Crippen molar-refractivity contribution in [3.63, 3.8) is 0 Å². The highest BCUT2D eigenvalue weighted by atomic mass is 16.6. The molecule has 2 aromatic carbocycles. The second-order valence-corrected chi connectivity index (χ2v) is 8.65. The summed E-state index contributed by atoms with van der Waals surface area (Å²) in [7, 11) is 0. The van der Waals surface area contributed by atoms with Gasteiger partial charge >= 0.3 is 6.09 Å². The molecule has 5 heteroatoms. The molecule has 0 spiro atoms. The van der Waals surface area contributed by atoms with Crippen molar-refractivity contribution in [1.82, 2.24) is 10.2 Å². The van der Waals surface area contributed by atoms with E-state index in [1.807, 2.05) is 42.5 Å². The number of nitrogens with zero attached hydrogens (tertiary/aromatic N) is 1. The molecule has 1 heterocycles. The van der Waals surface area contributed by atoms with Crippen molar-refractivity contribution < 1.29 is 14.3 Å². The summed E-state index contributed by atoms with van der Waals surface area (Å²) < 4.78 is 5.40. The van der Waals surface area contributed by atoms with Crippen LogP contribution in [-0.4, -0.2) is 36.5 Å². The van der Waals surface area contributed by atoms with Crippen LogP contribution in [0.5, 0.6) is 5.75 Å². The van der Waals surface area contributed by atoms with Gasteiger partial charge in [0.1, 0.15) is 5.75 Å². The SMILES string of the molecule is CC(C)(C)c1ccc(C(=O)NCC2CCN(C(=O)Oc3ccccc3)CC2)cc1. The Balaban J connectivity index is 1.42. The van der Waals surface area contributed by atoms with Gasteiger partial charge in [0.05, 0.1) is 0 Å². The minimum Gasteiger partial charge on any atom is -0.410 e. The second-order valence-electron chi connectivity index (χ2n) is 8.65. The van der Waals surface area contributed by atoms with E-state index in [1.54, 1.807) is 17.0 Å². The zero-order chi connectivity index (χ0) is 20.9. The average molecular weight is 395 g/mol. The van der Waals surface area contributed by atoms with E-state index >= 15 is 0 Å². The fourth-order valence-electron chi connectivity index (χ4n) is 3.43. The minimum atomic E-state index is -0.308. The molecule has 2 amide bonds. The molecule has 5 nitrogen and oxygen atoms in total. The molecule has 1 saturated heterocycles. The van der Waals surface area contributed by atoms with Crippen LogP contribution in [0.2, 0.25) is 0 Å². The van der Waals surface area contributed by atoms with Gasteiger partial charge in [-0.3, -0.25) is 4.79 Å². The third-order valence-electron chi connectivity index (χ3n) is 5.39. The highest BCUT2D eigenvalue weighted by molar-refractivity contribution is 5.94. The van der Waals surface area contributed by atoms with Gasteiger partial charge in [-0.1, -0.05) is 51.1 Å². The first kappa shape index (κ1) is 20.9. The Labute approximate surface area is 173 Å². The molecule has 29 heavy (non-hydrogen) atoms. The first-order chi connectivity index (χ1) is 13.8. The summed E-state index contributed by atoms with van der Waals surface area (Å²) in [6.45, 7) is 8.39. The molecule has 0 radical (unpaired) electrons. The van der Waals surface area contributed by atoms with E-state index in [-0.39, 0.29) is 17.4 Å². The number of hydrogen-bond donors (Lipinski definition) is 1. The molecule has 0 saturated carbocycles. The van der Waals surface area contributed by atoms with Gasteiger partial charge < -0.3 is 15.0 Å². The number of nitrogens with one attached hydrogen (secondary N) is 1. The standard InChI is InChI=1S/C24H30N2O3/c1-24(2,3)20-11-9-19(10-12-20)22(27)25-17-18-13-15-26(16-14-18)23(28)29-21-7-5-4-6-8-21/h4-12,18H,13-17H2,1-3H3,(H,25,27). The number of likely N-dealkylation sites (tertiary alicyclic amines) is 1. The predicted octanol–water partition coefficient (Wildman–Crippen LogP) is 4.62. The maximum atomic E-state index is 12.4. The summed E-state index contributed by atoms with van der Waals surface area (Å²) in [6.07, 6.45) is 1.40. The lowest BCUT2D eigenvalue weighted by atomic mass is 9.86. The lowest BCUT2D eigenvalue weighted by molar-refractivity contribution is 0.0931. The van der Waals surface area contributed by atoms with Crippen molar-refractivity contribution in [3.05, 3.63) is 65.7 Å². The van der Waals surface area contributed by atoms with Crippen LogP contribution in [0.3, 0.4) is 0 Å². The smallest absolute Gasteiger partial charge is 0.410 e. The van der Waals surface area contributed by atoms with Crippen molar-refractivity contribution in [1.29, 1.82) is 0 Å². The second kappa shape index (κ2) is 9.12. The largest absolute Gasteiger partial charge is 0.415 e. The van der Waals surface area contributed by atoms with Crippen molar-refractivity contribution in [2.45, 2.75) is 39.0 Å². The van der Waals surface area contributed by atoms with Crippen LogP contribution in [0.25, 0.3) is 0 Å². The third kappa shape index (κ3) is 5.83. The van der Waals surface area contributed by atoms with Crippen LogP contribution in [0.15, 0.2) is 54.6 Å². The topological polar surface area (TPSA) is 58.6 Å². The number of carbonyl (C=O) groups is 2. The Morgan fingerprint density at radius 3 is 2.21 bits per heavy atom. The van der Waals surface area contributed by atoms with Gasteiger partial charge in [0.15, 0.2) is 0 Å². The van der Waals surface area contributed by atoms with E-state index in [0.29, 0.717) is 36.9 Å². The van der Waals surface area contributed by atoms with Gasteiger partial charge in [0, 0.05) is 25.2 Å². The van der Waals surface area contributed by atoms with Crippen LogP contribution in [-0.2, 0) is 5.41 Å². The molecule has 3 rings (SSSR count). The van der Waals surface area contributed by atoms with Crippen molar-refractivity contribution in [3.8, 4) is 5.75 Å². The Hall–Kier alpha value is -2.82. The Morgan fingerprint density at radius 2 is 1.62 bits per heavy atom. The molecule has 1 aliphatic rings. The number of amides is 2. The van der Waals surface area contributed by atoms with Crippen LogP contribution < -0.4 is 10.1 Å². The lowest BCUT2D eigenvalue weighted by Gasteiger charge is -2.31. The lowest BCUT2D eigenvalue weighted by Crippen LogP contribution is -2.42. The van der Waals surface area contributed by atoms with Crippen LogP contribution in [0.1, 0.15) is 49.5 Å². The van der Waals surface area contributed by atoms with Crippen LogP contribution in [0, 0.1) is 5.92 Å². The first-order valence-electron chi connectivity index (χ1n) is 10.2. The Kier molecular flexibility index (Phi) is 6.57. The predicted molar refractivity (Wildman–Crippen MR) is 114 cm³/mol. The normalized spacial score (nSPS) is 15.1. The van der Waals surface area contributed by atoms with E-state index < -0.39 is 0 Å². The van der Waals surface area contributed by atoms with E-state index in [9.17, 15) is 9.59 Å². The Bertz CT molecular complexity index is 817. The quantitative estimate of drug-likeness (QED) is 0.823. The number of ether oxygens (including phenoxy) is 1. The maximum absolute atomic E-state index is 12.4. The maximum Gasteiger partial charge on any atom is 0.415 e. The summed E-state index contributed by atoms with van der Waals surface area (Å²) in [6, 6.07) is 16.9. The molecule has 0 bridgehead atoms. The Morgan fingerprint density at radius 1 is 1.00 bits per heavy atom. The molecule has 0 atom stereocenters. The molecular formula is C24H30N2O3. The summed E-state index contributed by atoms with van der Waals surface area (Å²) in [5, 5.41) is 3.04. The summed E-state index contributed by atoms with van der Waals surface area (Å²) >= 11 is 0. The van der Waals surface area contributed by atoms with Crippen molar-refractivity contribution in [2.24, 2.45) is 5.92 Å². The van der Waals surface area contributed by atoms with Gasteiger partial charge in [-0.05, 0) is 54.0 Å². The van der Waals surface area contributed by atoms with Crippen molar-refractivity contribution in [2.75, 3.05) is 19.6 Å². The van der Waals surface area contributed by atoms with Gasteiger partial charge in [-0.2, -0.15) is 0 Å². The minimum absolute atomic E-state index is 0.0450. The van der Waals surface area contributed by atoms with E-state index in [1.165, 1.54) is 5.56 Å². The van der Waals surface area contributed by atoms with Crippen LogP contribution in [0.4, 0.5) is 4.79 Å². The number of hydrogen-bond acceptors (Lipinski definition) is 3. The molecule has 1 fully saturated rings. The molecule has 0 aliphatic carbocycles. The zero-order valence-electron chi connectivity index (χ0n) is 17.5. The van der Waals surface area contributed by atoms with Gasteiger partial charge in [0.25, 0.3) is 5.91 Å². The van der Waals surface area contributed by atoms with Crippen LogP contribution >= 0.6 is 0 Å². The third-order valence-corrected chi connectivity index (χ3v) is 5.39. The van der Waals surface area contributed by atoms with Crippen molar-refractivity contribution >= 4 is 12.0 Å². The molecule has 1 aliphatic heterocycles. The van der Waals surface area contributed by atoms with Gasteiger partial charge in [0.2, 0.25) is 0 Å². The first-order valence-corrected chi connectivity index (χ1v) is 10.2. The van der Waals surface area contributed by atoms with Gasteiger partial charge in [-0.15, -0.1) is 0 Å². The fourth-order valence-corrected chi connectivity index (χ4v) is 3.43. The summed E-state index contributed by atoms with van der Waals surface area (Å²) in [4.78, 5) is 26.4. The number of para-hydroxylation sites is 1. The summed E-state index contributed by atoms with van der Waals surface area (Å²) in [5.41, 5.74) is 1.97. The highest BCUT2D eigenvalue weighted by Crippen LogP contribution is 2.22. The molecule has 0 aromatic heterocycles. The fraction of sp³-hybridized carbons (Fsp3) is 0.417. The molecule has 154 valence electrons. The van der Waals surface area contributed by atoms with E-state index in [2.05, 4.69) is 26.1 Å². The van der Waals surface area contributed by atoms with E-state index in [4.69, 9.17) is 4.74 Å². The molecule has 0 unspecified atom stereocenters. The average Bonchev–Trinajstić information content (AvgIpc) is 2.72. The zero-order valence-corrected chi connectivity index (χ0v) is 17.5. The number of carbonyl (C=O) groups excluding carboxylic acids is 2. The monoisotopic (exact) mass is 394 g/mol. The molecule has 1 N–H and O–H groups in total. The van der Waals surface area contributed by atoms with E-state index in [0.717, 1.165) is 12.8 Å². The number of rotatable bonds is 4.